The van der Waals surface area contributed by atoms with Crippen molar-refractivity contribution in [1.29, 1.82) is 0 Å². The minimum absolute atomic E-state index is 0.0861. The SMILES string of the molecule is CCCOc1cccc(C(CN)Nc2cccc(F)c2)c1. The molecule has 0 aliphatic rings. The average Bonchev–Trinajstić information content (AvgIpc) is 2.51. The molecule has 0 aliphatic carbocycles. The van der Waals surface area contributed by atoms with Gasteiger partial charge in [-0.15, -0.1) is 0 Å². The normalized spacial score (nSPS) is 12.0. The van der Waals surface area contributed by atoms with Crippen molar-refractivity contribution in [2.45, 2.75) is 19.4 Å². The average molecular weight is 288 g/mol. The predicted molar refractivity (Wildman–Crippen MR) is 84.0 cm³/mol. The Bertz CT molecular complexity index is 574. The van der Waals surface area contributed by atoms with Gasteiger partial charge in [-0.1, -0.05) is 25.1 Å². The van der Waals surface area contributed by atoms with Crippen molar-refractivity contribution in [2.75, 3.05) is 18.5 Å². The van der Waals surface area contributed by atoms with Crippen molar-refractivity contribution in [3.63, 3.8) is 0 Å². The molecule has 0 radical (unpaired) electrons. The van der Waals surface area contributed by atoms with Crippen molar-refractivity contribution in [2.24, 2.45) is 5.73 Å². The Morgan fingerprint density at radius 1 is 1.19 bits per heavy atom. The fourth-order valence-electron chi connectivity index (χ4n) is 2.10. The first-order valence-corrected chi connectivity index (χ1v) is 7.18. The van der Waals surface area contributed by atoms with Gasteiger partial charge in [-0.25, -0.2) is 4.39 Å². The van der Waals surface area contributed by atoms with Crippen LogP contribution in [0.15, 0.2) is 48.5 Å². The van der Waals surface area contributed by atoms with E-state index in [1.165, 1.54) is 12.1 Å². The van der Waals surface area contributed by atoms with Crippen molar-refractivity contribution in [3.05, 3.63) is 59.9 Å². The van der Waals surface area contributed by atoms with Gasteiger partial charge in [0, 0.05) is 12.2 Å². The van der Waals surface area contributed by atoms with Gasteiger partial charge < -0.3 is 15.8 Å². The van der Waals surface area contributed by atoms with Crippen LogP contribution in [0.4, 0.5) is 10.1 Å². The molecule has 3 nitrogen and oxygen atoms in total. The van der Waals surface area contributed by atoms with E-state index in [9.17, 15) is 4.39 Å². The van der Waals surface area contributed by atoms with Gasteiger partial charge in [0.1, 0.15) is 11.6 Å². The second kappa shape index (κ2) is 7.64. The molecule has 0 aliphatic heterocycles. The number of hydrogen-bond donors (Lipinski definition) is 2. The monoisotopic (exact) mass is 288 g/mol. The smallest absolute Gasteiger partial charge is 0.125 e. The third kappa shape index (κ3) is 4.46. The second-order valence-corrected chi connectivity index (χ2v) is 4.86. The molecule has 0 amide bonds. The van der Waals surface area contributed by atoms with Crippen molar-refractivity contribution >= 4 is 5.69 Å². The van der Waals surface area contributed by atoms with Crippen LogP contribution in [-0.4, -0.2) is 13.2 Å². The molecule has 2 aromatic carbocycles. The number of ether oxygens (including phenoxy) is 1. The zero-order valence-corrected chi connectivity index (χ0v) is 12.2. The van der Waals surface area contributed by atoms with Crippen molar-refractivity contribution in [3.8, 4) is 5.75 Å². The Hall–Kier alpha value is -2.07. The van der Waals surface area contributed by atoms with E-state index < -0.39 is 0 Å². The summed E-state index contributed by atoms with van der Waals surface area (Å²) in [7, 11) is 0. The highest BCUT2D eigenvalue weighted by Crippen LogP contribution is 2.23. The molecular weight excluding hydrogens is 267 g/mol. The van der Waals surface area contributed by atoms with E-state index in [1.54, 1.807) is 6.07 Å². The Morgan fingerprint density at radius 3 is 2.71 bits per heavy atom. The topological polar surface area (TPSA) is 47.3 Å². The molecule has 4 heteroatoms. The van der Waals surface area contributed by atoms with Gasteiger partial charge in [0.05, 0.1) is 12.6 Å². The molecule has 0 fully saturated rings. The molecule has 0 aromatic heterocycles. The van der Waals surface area contributed by atoms with Crippen molar-refractivity contribution < 1.29 is 9.13 Å². The Morgan fingerprint density at radius 2 is 2.00 bits per heavy atom. The molecule has 112 valence electrons. The standard InChI is InChI=1S/C17H21FN2O/c1-2-9-21-16-8-3-5-13(10-16)17(12-19)20-15-7-4-6-14(18)11-15/h3-8,10-11,17,20H,2,9,12,19H2,1H3. The molecule has 2 aromatic rings. The molecule has 3 N–H and O–H groups in total. The summed E-state index contributed by atoms with van der Waals surface area (Å²) in [4.78, 5) is 0. The molecule has 0 bridgehead atoms. The van der Waals surface area contributed by atoms with Gasteiger partial charge in [-0.2, -0.15) is 0 Å². The van der Waals surface area contributed by atoms with Crippen LogP contribution in [0.3, 0.4) is 0 Å². The van der Waals surface area contributed by atoms with Crippen LogP contribution in [0.25, 0.3) is 0 Å². The van der Waals surface area contributed by atoms with Crippen LogP contribution in [0.5, 0.6) is 5.75 Å². The van der Waals surface area contributed by atoms with E-state index in [0.29, 0.717) is 18.8 Å². The Labute approximate surface area is 124 Å². The van der Waals surface area contributed by atoms with Crippen LogP contribution < -0.4 is 15.8 Å². The summed E-state index contributed by atoms with van der Waals surface area (Å²) in [6.45, 7) is 3.17. The minimum Gasteiger partial charge on any atom is -0.494 e. The fraction of sp³-hybridized carbons (Fsp3) is 0.294. The quantitative estimate of drug-likeness (QED) is 0.816. The van der Waals surface area contributed by atoms with Gasteiger partial charge in [0.2, 0.25) is 0 Å². The first-order valence-electron chi connectivity index (χ1n) is 7.18. The summed E-state index contributed by atoms with van der Waals surface area (Å²) >= 11 is 0. The lowest BCUT2D eigenvalue weighted by Gasteiger charge is -2.19. The lowest BCUT2D eigenvalue weighted by molar-refractivity contribution is 0.317. The van der Waals surface area contributed by atoms with Crippen LogP contribution >= 0.6 is 0 Å². The highest BCUT2D eigenvalue weighted by atomic mass is 19.1. The van der Waals surface area contributed by atoms with Gasteiger partial charge in [0.15, 0.2) is 0 Å². The van der Waals surface area contributed by atoms with Gasteiger partial charge in [0.25, 0.3) is 0 Å². The molecule has 0 saturated carbocycles. The van der Waals surface area contributed by atoms with Crippen LogP contribution in [0.2, 0.25) is 0 Å². The first kappa shape index (κ1) is 15.3. The maximum Gasteiger partial charge on any atom is 0.125 e. The maximum absolute atomic E-state index is 13.2. The zero-order chi connectivity index (χ0) is 15.1. The molecular formula is C17H21FN2O. The van der Waals surface area contributed by atoms with Gasteiger partial charge in [-0.05, 0) is 42.3 Å². The number of hydrogen-bond acceptors (Lipinski definition) is 3. The molecule has 1 unspecified atom stereocenters. The summed E-state index contributed by atoms with van der Waals surface area (Å²) in [5, 5.41) is 3.25. The number of rotatable bonds is 7. The molecule has 21 heavy (non-hydrogen) atoms. The largest absolute Gasteiger partial charge is 0.494 e. The number of halogens is 1. The van der Waals surface area contributed by atoms with E-state index >= 15 is 0 Å². The number of nitrogens with one attached hydrogen (secondary N) is 1. The van der Waals surface area contributed by atoms with E-state index in [1.807, 2.05) is 30.3 Å². The summed E-state index contributed by atoms with van der Waals surface area (Å²) in [6.07, 6.45) is 0.964. The van der Waals surface area contributed by atoms with Gasteiger partial charge in [-0.3, -0.25) is 0 Å². The molecule has 0 saturated heterocycles. The first-order chi connectivity index (χ1) is 10.2. The molecule has 0 spiro atoms. The summed E-state index contributed by atoms with van der Waals surface area (Å²) in [5.41, 5.74) is 7.58. The lowest BCUT2D eigenvalue weighted by Crippen LogP contribution is -2.20. The summed E-state index contributed by atoms with van der Waals surface area (Å²) in [5.74, 6) is 0.560. The number of anilines is 1. The third-order valence-corrected chi connectivity index (χ3v) is 3.13. The summed E-state index contributed by atoms with van der Waals surface area (Å²) < 4.78 is 18.9. The van der Waals surface area contributed by atoms with Crippen LogP contribution in [-0.2, 0) is 0 Å². The van der Waals surface area contributed by atoms with E-state index in [2.05, 4.69) is 12.2 Å². The van der Waals surface area contributed by atoms with E-state index in [-0.39, 0.29) is 11.9 Å². The van der Waals surface area contributed by atoms with Crippen LogP contribution in [0, 0.1) is 5.82 Å². The zero-order valence-electron chi connectivity index (χ0n) is 12.2. The fourth-order valence-corrected chi connectivity index (χ4v) is 2.10. The lowest BCUT2D eigenvalue weighted by atomic mass is 10.1. The van der Waals surface area contributed by atoms with Crippen LogP contribution in [0.1, 0.15) is 24.9 Å². The van der Waals surface area contributed by atoms with Crippen molar-refractivity contribution in [1.82, 2.24) is 0 Å². The molecule has 0 heterocycles. The predicted octanol–water partition coefficient (Wildman–Crippen LogP) is 3.73. The highest BCUT2D eigenvalue weighted by molar-refractivity contribution is 5.46. The Balaban J connectivity index is 2.13. The van der Waals surface area contributed by atoms with Gasteiger partial charge >= 0.3 is 0 Å². The second-order valence-electron chi connectivity index (χ2n) is 4.86. The summed E-state index contributed by atoms with van der Waals surface area (Å²) in [6, 6.07) is 14.1. The number of nitrogens with two attached hydrogens (primary N) is 1. The number of benzene rings is 2. The minimum atomic E-state index is -0.268. The third-order valence-electron chi connectivity index (χ3n) is 3.13. The maximum atomic E-state index is 13.2. The van der Waals surface area contributed by atoms with E-state index in [4.69, 9.17) is 10.5 Å². The molecule has 2 rings (SSSR count). The highest BCUT2D eigenvalue weighted by Gasteiger charge is 2.10. The Kier molecular flexibility index (Phi) is 5.58. The van der Waals surface area contributed by atoms with E-state index in [0.717, 1.165) is 17.7 Å². The molecule has 1 atom stereocenters.